The molecule has 0 unspecified atom stereocenters. The van der Waals surface area contributed by atoms with Crippen LogP contribution in [0, 0.1) is 5.82 Å². The largest absolute Gasteiger partial charge is 0.497 e. The molecule has 3 nitrogen and oxygen atoms in total. The molecule has 4 heteroatoms. The van der Waals surface area contributed by atoms with Crippen LogP contribution in [0.15, 0.2) is 30.9 Å². The van der Waals surface area contributed by atoms with Gasteiger partial charge in [0, 0.05) is 19.7 Å². The van der Waals surface area contributed by atoms with Crippen LogP contribution < -0.4 is 4.74 Å². The highest BCUT2D eigenvalue weighted by Crippen LogP contribution is 2.17. The number of carbonyl (C=O) groups excluding carboxylic acids is 1. The Hall–Kier alpha value is -1.84. The Kier molecular flexibility index (Phi) is 5.36. The van der Waals surface area contributed by atoms with Crippen LogP contribution in [0.1, 0.15) is 23.2 Å². The number of hydrogen-bond acceptors (Lipinski definition) is 2. The number of benzene rings is 1. The van der Waals surface area contributed by atoms with Gasteiger partial charge in [0.05, 0.1) is 12.7 Å². The summed E-state index contributed by atoms with van der Waals surface area (Å²) in [5.41, 5.74) is 0.0666. The highest BCUT2D eigenvalue weighted by molar-refractivity contribution is 5.94. The molecule has 0 aliphatic heterocycles. The summed E-state index contributed by atoms with van der Waals surface area (Å²) in [7, 11) is 3.12. The Morgan fingerprint density at radius 2 is 2.28 bits per heavy atom. The maximum Gasteiger partial charge on any atom is 0.256 e. The van der Waals surface area contributed by atoms with Crippen LogP contribution >= 0.6 is 0 Å². The van der Waals surface area contributed by atoms with Gasteiger partial charge in [0.25, 0.3) is 5.91 Å². The molecule has 0 aliphatic carbocycles. The third kappa shape index (κ3) is 3.58. The first kappa shape index (κ1) is 14.2. The van der Waals surface area contributed by atoms with Crippen LogP contribution in [0.25, 0.3) is 0 Å². The zero-order chi connectivity index (χ0) is 13.5. The number of unbranched alkanes of at least 4 members (excludes halogenated alkanes) is 1. The topological polar surface area (TPSA) is 29.5 Å². The van der Waals surface area contributed by atoms with Crippen molar-refractivity contribution in [2.45, 2.75) is 12.8 Å². The molecule has 18 heavy (non-hydrogen) atoms. The minimum Gasteiger partial charge on any atom is -0.497 e. The van der Waals surface area contributed by atoms with E-state index >= 15 is 0 Å². The quantitative estimate of drug-likeness (QED) is 0.574. The van der Waals surface area contributed by atoms with Gasteiger partial charge in [0.2, 0.25) is 0 Å². The fraction of sp³-hybridized carbons (Fsp3) is 0.357. The highest BCUT2D eigenvalue weighted by Gasteiger charge is 2.16. The summed E-state index contributed by atoms with van der Waals surface area (Å²) < 4.78 is 18.6. The molecular formula is C14H18FNO2. The van der Waals surface area contributed by atoms with Crippen molar-refractivity contribution in [2.24, 2.45) is 0 Å². The van der Waals surface area contributed by atoms with Gasteiger partial charge in [-0.25, -0.2) is 4.39 Å². The molecule has 0 radical (unpaired) electrons. The van der Waals surface area contributed by atoms with Crippen molar-refractivity contribution in [1.82, 2.24) is 4.90 Å². The number of ether oxygens (including phenoxy) is 1. The molecule has 1 aromatic carbocycles. The molecule has 98 valence electrons. The number of halogens is 1. The standard InChI is InChI=1S/C14H18FNO2/c1-4-5-6-9-16(2)14(17)12-8-7-11(18-3)10-13(12)15/h4,7-8,10H,1,5-6,9H2,2-3H3. The van der Waals surface area contributed by atoms with Gasteiger partial charge >= 0.3 is 0 Å². The van der Waals surface area contributed by atoms with Crippen LogP contribution in [0.4, 0.5) is 4.39 Å². The van der Waals surface area contributed by atoms with Crippen molar-refractivity contribution in [3.8, 4) is 5.75 Å². The van der Waals surface area contributed by atoms with E-state index in [1.165, 1.54) is 24.1 Å². The lowest BCUT2D eigenvalue weighted by molar-refractivity contribution is 0.0789. The first-order valence-corrected chi connectivity index (χ1v) is 5.80. The molecule has 0 saturated carbocycles. The third-order valence-corrected chi connectivity index (χ3v) is 2.66. The minimum absolute atomic E-state index is 0.0666. The Morgan fingerprint density at radius 3 is 2.83 bits per heavy atom. The summed E-state index contributed by atoms with van der Waals surface area (Å²) >= 11 is 0. The lowest BCUT2D eigenvalue weighted by atomic mass is 10.1. The maximum absolute atomic E-state index is 13.7. The van der Waals surface area contributed by atoms with Crippen LogP contribution in [-0.2, 0) is 0 Å². The fourth-order valence-electron chi connectivity index (χ4n) is 1.58. The first-order valence-electron chi connectivity index (χ1n) is 5.80. The smallest absolute Gasteiger partial charge is 0.256 e. The van der Waals surface area contributed by atoms with Crippen LogP contribution in [0.3, 0.4) is 0 Å². The minimum atomic E-state index is -0.560. The predicted octanol–water partition coefficient (Wildman–Crippen LogP) is 2.87. The predicted molar refractivity (Wildman–Crippen MR) is 69.3 cm³/mol. The van der Waals surface area contributed by atoms with E-state index in [2.05, 4.69) is 6.58 Å². The molecule has 0 bridgehead atoms. The summed E-state index contributed by atoms with van der Waals surface area (Å²) in [6.45, 7) is 4.20. The molecule has 0 heterocycles. The summed E-state index contributed by atoms with van der Waals surface area (Å²) in [4.78, 5) is 13.5. The Balaban J connectivity index is 2.74. The van der Waals surface area contributed by atoms with Crippen molar-refractivity contribution >= 4 is 5.91 Å². The van der Waals surface area contributed by atoms with Crippen molar-refractivity contribution < 1.29 is 13.9 Å². The van der Waals surface area contributed by atoms with Gasteiger partial charge in [-0.2, -0.15) is 0 Å². The molecular weight excluding hydrogens is 233 g/mol. The number of carbonyl (C=O) groups is 1. The summed E-state index contributed by atoms with van der Waals surface area (Å²) in [6.07, 6.45) is 3.46. The van der Waals surface area contributed by atoms with E-state index in [0.29, 0.717) is 12.3 Å². The highest BCUT2D eigenvalue weighted by atomic mass is 19.1. The van der Waals surface area contributed by atoms with Gasteiger partial charge in [-0.05, 0) is 25.0 Å². The van der Waals surface area contributed by atoms with Crippen LogP contribution in [-0.4, -0.2) is 31.5 Å². The third-order valence-electron chi connectivity index (χ3n) is 2.66. The summed E-state index contributed by atoms with van der Waals surface area (Å²) in [5, 5.41) is 0. The molecule has 1 rings (SSSR count). The Bertz CT molecular complexity index is 432. The van der Waals surface area contributed by atoms with Crippen molar-refractivity contribution in [2.75, 3.05) is 20.7 Å². The molecule has 0 atom stereocenters. The van der Waals surface area contributed by atoms with Gasteiger partial charge in [-0.1, -0.05) is 6.08 Å². The van der Waals surface area contributed by atoms with E-state index < -0.39 is 5.82 Å². The van der Waals surface area contributed by atoms with E-state index in [1.54, 1.807) is 19.2 Å². The zero-order valence-corrected chi connectivity index (χ0v) is 10.8. The number of allylic oxidation sites excluding steroid dienone is 1. The molecule has 1 amide bonds. The number of nitrogens with zero attached hydrogens (tertiary/aromatic N) is 1. The second kappa shape index (κ2) is 6.79. The first-order chi connectivity index (χ1) is 8.60. The molecule has 0 aliphatic rings. The molecule has 0 fully saturated rings. The number of hydrogen-bond donors (Lipinski definition) is 0. The molecule has 0 N–H and O–H groups in total. The lowest BCUT2D eigenvalue weighted by Gasteiger charge is -2.17. The van der Waals surface area contributed by atoms with Gasteiger partial charge < -0.3 is 9.64 Å². The van der Waals surface area contributed by atoms with Gasteiger partial charge in [0.1, 0.15) is 11.6 Å². The maximum atomic E-state index is 13.7. The average molecular weight is 251 g/mol. The molecule has 0 spiro atoms. The molecule has 0 aromatic heterocycles. The number of methoxy groups -OCH3 is 1. The summed E-state index contributed by atoms with van der Waals surface area (Å²) in [5.74, 6) is -0.479. The fourth-order valence-corrected chi connectivity index (χ4v) is 1.58. The van der Waals surface area contributed by atoms with Crippen molar-refractivity contribution in [3.63, 3.8) is 0 Å². The molecule has 0 saturated heterocycles. The second-order valence-electron chi connectivity index (χ2n) is 4.00. The number of amides is 1. The van der Waals surface area contributed by atoms with Gasteiger partial charge in [0.15, 0.2) is 0 Å². The molecule has 1 aromatic rings. The van der Waals surface area contributed by atoms with E-state index in [1.807, 2.05) is 0 Å². The SMILES string of the molecule is C=CCCCN(C)C(=O)c1ccc(OC)cc1F. The van der Waals surface area contributed by atoms with E-state index in [4.69, 9.17) is 4.74 Å². The zero-order valence-electron chi connectivity index (χ0n) is 10.8. The average Bonchev–Trinajstić information content (AvgIpc) is 2.38. The normalized spacial score (nSPS) is 9.94. The van der Waals surface area contributed by atoms with Crippen LogP contribution in [0.2, 0.25) is 0 Å². The second-order valence-corrected chi connectivity index (χ2v) is 4.00. The van der Waals surface area contributed by atoms with Crippen molar-refractivity contribution in [1.29, 1.82) is 0 Å². The van der Waals surface area contributed by atoms with Gasteiger partial charge in [-0.15, -0.1) is 6.58 Å². The van der Waals surface area contributed by atoms with E-state index in [0.717, 1.165) is 12.8 Å². The summed E-state index contributed by atoms with van der Waals surface area (Å²) in [6, 6.07) is 4.24. The lowest BCUT2D eigenvalue weighted by Crippen LogP contribution is -2.28. The van der Waals surface area contributed by atoms with Crippen LogP contribution in [0.5, 0.6) is 5.75 Å². The number of rotatable bonds is 6. The monoisotopic (exact) mass is 251 g/mol. The van der Waals surface area contributed by atoms with E-state index in [-0.39, 0.29) is 11.5 Å². The Labute approximate surface area is 107 Å². The van der Waals surface area contributed by atoms with Crippen molar-refractivity contribution in [3.05, 3.63) is 42.2 Å². The van der Waals surface area contributed by atoms with Gasteiger partial charge in [-0.3, -0.25) is 4.79 Å². The Morgan fingerprint density at radius 1 is 1.56 bits per heavy atom. The van der Waals surface area contributed by atoms with E-state index in [9.17, 15) is 9.18 Å².